The van der Waals surface area contributed by atoms with Crippen LogP contribution >= 0.6 is 0 Å². The van der Waals surface area contributed by atoms with Crippen molar-refractivity contribution in [2.45, 2.75) is 12.4 Å². The fraction of sp³-hybridized carbons (Fsp3) is 0.500. The second kappa shape index (κ2) is 1.98. The first kappa shape index (κ1) is 6.54. The molecule has 2 radical (unpaired) electrons. The number of halogens is 3. The van der Waals surface area contributed by atoms with Gasteiger partial charge in [-0.2, -0.15) is 13.2 Å². The molecule has 0 aromatic carbocycles. The molecule has 9 heavy (non-hydrogen) atoms. The molecule has 0 N–H and O–H groups in total. The van der Waals surface area contributed by atoms with E-state index in [1.54, 1.807) is 0 Å². The minimum atomic E-state index is -4.40. The fourth-order valence-corrected chi connectivity index (χ4v) is 0.375. The molecule has 0 aliphatic carbocycles. The van der Waals surface area contributed by atoms with Crippen LogP contribution in [-0.2, 0) is 4.74 Å². The Morgan fingerprint density at radius 1 is 1.56 bits per heavy atom. The van der Waals surface area contributed by atoms with Crippen LogP contribution in [-0.4, -0.2) is 18.6 Å². The molecule has 5 heteroatoms. The zero-order chi connectivity index (χ0) is 6.91. The molecule has 1 heterocycles. The first-order valence-corrected chi connectivity index (χ1v) is 2.10. The van der Waals surface area contributed by atoms with Crippen molar-refractivity contribution in [1.29, 1.82) is 0 Å². The van der Waals surface area contributed by atoms with Crippen LogP contribution in [0.25, 0.3) is 0 Å². The van der Waals surface area contributed by atoms with E-state index in [1.807, 2.05) is 6.61 Å². The molecular weight excluding hydrogens is 135 g/mol. The molecular formula is C4H2F3NO. The molecule has 0 saturated heterocycles. The summed E-state index contributed by atoms with van der Waals surface area (Å²) in [4.78, 5) is 2.92. The zero-order valence-corrected chi connectivity index (χ0v) is 4.14. The van der Waals surface area contributed by atoms with Crippen LogP contribution in [0, 0.1) is 6.61 Å². The van der Waals surface area contributed by atoms with E-state index < -0.39 is 12.4 Å². The zero-order valence-electron chi connectivity index (χ0n) is 4.14. The van der Waals surface area contributed by atoms with Crippen molar-refractivity contribution in [3.63, 3.8) is 0 Å². The number of hydrogen-bond acceptors (Lipinski definition) is 2. The lowest BCUT2D eigenvalue weighted by molar-refractivity contribution is -0.201. The minimum Gasteiger partial charge on any atom is -0.329 e. The monoisotopic (exact) mass is 137 g/mol. The number of rotatable bonds is 0. The highest BCUT2D eigenvalue weighted by Crippen LogP contribution is 2.25. The number of hydrogen-bond donors (Lipinski definition) is 0. The molecule has 1 unspecified atom stereocenters. The lowest BCUT2D eigenvalue weighted by Crippen LogP contribution is -2.26. The summed E-state index contributed by atoms with van der Waals surface area (Å²) in [6.45, 7) is 1.87. The summed E-state index contributed by atoms with van der Waals surface area (Å²) in [5, 5.41) is 0. The number of alkyl halides is 3. The maximum Gasteiger partial charge on any atom is 0.435 e. The number of nitrogens with zero attached hydrogens (tertiary/aromatic N) is 1. The van der Waals surface area contributed by atoms with Gasteiger partial charge in [0, 0.05) is 6.21 Å². The molecule has 0 spiro atoms. The highest BCUT2D eigenvalue weighted by atomic mass is 19.4. The smallest absolute Gasteiger partial charge is 0.329 e. The Labute approximate surface area is 49.3 Å². The van der Waals surface area contributed by atoms with Crippen molar-refractivity contribution in [2.75, 3.05) is 0 Å². The Morgan fingerprint density at radius 3 is 2.44 bits per heavy atom. The molecule has 50 valence electrons. The van der Waals surface area contributed by atoms with E-state index in [9.17, 15) is 13.2 Å². The van der Waals surface area contributed by atoms with Gasteiger partial charge in [0.15, 0.2) is 6.61 Å². The molecule has 0 saturated carbocycles. The van der Waals surface area contributed by atoms with Crippen molar-refractivity contribution in [3.8, 4) is 0 Å². The maximum atomic E-state index is 11.5. The van der Waals surface area contributed by atoms with Crippen molar-refractivity contribution in [2.24, 2.45) is 4.99 Å². The summed E-state index contributed by atoms with van der Waals surface area (Å²) in [7, 11) is 0. The molecule has 2 nitrogen and oxygen atoms in total. The summed E-state index contributed by atoms with van der Waals surface area (Å²) in [6.07, 6.45) is -5.57. The van der Waals surface area contributed by atoms with Gasteiger partial charge in [-0.05, 0) is 0 Å². The SMILES string of the molecule is FC(F)(F)C1N=C[C]O1. The largest absolute Gasteiger partial charge is 0.435 e. The Balaban J connectivity index is 2.53. The molecule has 1 rings (SSSR count). The van der Waals surface area contributed by atoms with E-state index in [1.165, 1.54) is 0 Å². The molecule has 0 aromatic heterocycles. The van der Waals surface area contributed by atoms with E-state index in [2.05, 4.69) is 9.73 Å². The van der Waals surface area contributed by atoms with Crippen LogP contribution in [0.5, 0.6) is 0 Å². The van der Waals surface area contributed by atoms with E-state index in [4.69, 9.17) is 0 Å². The molecule has 0 fully saturated rings. The van der Waals surface area contributed by atoms with Crippen LogP contribution in [0.4, 0.5) is 13.2 Å². The van der Waals surface area contributed by atoms with Gasteiger partial charge >= 0.3 is 6.18 Å². The molecule has 1 aliphatic rings. The van der Waals surface area contributed by atoms with Crippen LogP contribution in [0.3, 0.4) is 0 Å². The second-order valence-electron chi connectivity index (χ2n) is 1.41. The Bertz CT molecular complexity index is 130. The third-order valence-corrected chi connectivity index (χ3v) is 0.722. The molecule has 0 amide bonds. The summed E-state index contributed by atoms with van der Waals surface area (Å²) in [5.74, 6) is 0. The van der Waals surface area contributed by atoms with E-state index in [0.717, 1.165) is 6.21 Å². The van der Waals surface area contributed by atoms with Crippen LogP contribution in [0.15, 0.2) is 4.99 Å². The summed E-state index contributed by atoms with van der Waals surface area (Å²) in [6, 6.07) is 0. The Hall–Kier alpha value is -0.580. The van der Waals surface area contributed by atoms with Gasteiger partial charge in [0.05, 0.1) is 0 Å². The third-order valence-electron chi connectivity index (χ3n) is 0.722. The van der Waals surface area contributed by atoms with Crippen molar-refractivity contribution in [1.82, 2.24) is 0 Å². The predicted molar refractivity (Wildman–Crippen MR) is 22.7 cm³/mol. The van der Waals surface area contributed by atoms with Gasteiger partial charge in [-0.1, -0.05) is 0 Å². The minimum absolute atomic E-state index is 0.859. The van der Waals surface area contributed by atoms with Crippen LogP contribution in [0.2, 0.25) is 0 Å². The average molecular weight is 137 g/mol. The van der Waals surface area contributed by atoms with Crippen LogP contribution < -0.4 is 0 Å². The van der Waals surface area contributed by atoms with Gasteiger partial charge in [-0.25, -0.2) is 0 Å². The van der Waals surface area contributed by atoms with E-state index in [0.29, 0.717) is 0 Å². The number of ether oxygens (including phenoxy) is 1. The summed E-state index contributed by atoms with van der Waals surface area (Å²) in [5.41, 5.74) is 0. The van der Waals surface area contributed by atoms with Gasteiger partial charge in [0.25, 0.3) is 0 Å². The molecule has 0 bridgehead atoms. The first-order chi connectivity index (χ1) is 4.11. The highest BCUT2D eigenvalue weighted by molar-refractivity contribution is 5.67. The van der Waals surface area contributed by atoms with E-state index >= 15 is 0 Å². The molecule has 1 aliphatic heterocycles. The predicted octanol–water partition coefficient (Wildman–Crippen LogP) is 1.01. The topological polar surface area (TPSA) is 21.6 Å². The quantitative estimate of drug-likeness (QED) is 0.488. The average Bonchev–Trinajstić information content (AvgIpc) is 2.08. The summed E-state index contributed by atoms with van der Waals surface area (Å²) >= 11 is 0. The van der Waals surface area contributed by atoms with Gasteiger partial charge < -0.3 is 4.74 Å². The standard InChI is InChI=1S/C4H2F3NO/c5-4(6,7)3-8-1-2-9-3/h1,3H. The lowest BCUT2D eigenvalue weighted by atomic mass is 10.6. The first-order valence-electron chi connectivity index (χ1n) is 2.10. The fourth-order valence-electron chi connectivity index (χ4n) is 0.375. The van der Waals surface area contributed by atoms with Gasteiger partial charge in [-0.3, -0.25) is 4.99 Å². The Morgan fingerprint density at radius 2 is 2.22 bits per heavy atom. The highest BCUT2D eigenvalue weighted by Gasteiger charge is 2.42. The lowest BCUT2D eigenvalue weighted by Gasteiger charge is -2.09. The number of aliphatic imine (C=N–C) groups is 1. The normalized spacial score (nSPS) is 27.2. The second-order valence-corrected chi connectivity index (χ2v) is 1.41. The van der Waals surface area contributed by atoms with Crippen molar-refractivity contribution >= 4 is 6.21 Å². The summed E-state index contributed by atoms with van der Waals surface area (Å²) < 4.78 is 38.4. The maximum absolute atomic E-state index is 11.5. The van der Waals surface area contributed by atoms with Crippen molar-refractivity contribution < 1.29 is 17.9 Å². The van der Waals surface area contributed by atoms with Gasteiger partial charge in [0.1, 0.15) is 0 Å². The third kappa shape index (κ3) is 1.41. The van der Waals surface area contributed by atoms with Crippen molar-refractivity contribution in [3.05, 3.63) is 6.61 Å². The van der Waals surface area contributed by atoms with Gasteiger partial charge in [0.2, 0.25) is 6.23 Å². The van der Waals surface area contributed by atoms with E-state index in [-0.39, 0.29) is 0 Å². The van der Waals surface area contributed by atoms with Gasteiger partial charge in [-0.15, -0.1) is 0 Å². The molecule has 0 aromatic rings. The van der Waals surface area contributed by atoms with Crippen LogP contribution in [0.1, 0.15) is 0 Å². The molecule has 1 atom stereocenters. The Kier molecular flexibility index (Phi) is 1.44.